The number of rotatable bonds is 6. The van der Waals surface area contributed by atoms with E-state index in [0.717, 1.165) is 42.4 Å². The molecule has 2 rings (SSSR count). The summed E-state index contributed by atoms with van der Waals surface area (Å²) in [6.07, 6.45) is 1.73. The van der Waals surface area contributed by atoms with Crippen molar-refractivity contribution >= 4 is 5.82 Å². The summed E-state index contributed by atoms with van der Waals surface area (Å²) in [7, 11) is 0. The van der Waals surface area contributed by atoms with Crippen LogP contribution in [0.3, 0.4) is 0 Å². The highest BCUT2D eigenvalue weighted by Crippen LogP contribution is 2.14. The van der Waals surface area contributed by atoms with E-state index in [4.69, 9.17) is 5.84 Å². The smallest absolute Gasteiger partial charge is 0.144 e. The monoisotopic (exact) mass is 271 g/mol. The molecule has 0 amide bonds. The lowest BCUT2D eigenvalue weighted by atomic mass is 10.2. The van der Waals surface area contributed by atoms with Gasteiger partial charge in [-0.1, -0.05) is 19.1 Å². The van der Waals surface area contributed by atoms with Gasteiger partial charge in [0.1, 0.15) is 5.82 Å². The SMILES string of the molecule is CCN(Cc1cccc(C)n1)Cc1cccnc1NN. The van der Waals surface area contributed by atoms with E-state index >= 15 is 0 Å². The third-order valence-electron chi connectivity index (χ3n) is 3.20. The van der Waals surface area contributed by atoms with Crippen LogP contribution in [0.1, 0.15) is 23.9 Å². The molecule has 0 radical (unpaired) electrons. The average molecular weight is 271 g/mol. The highest BCUT2D eigenvalue weighted by molar-refractivity contribution is 5.42. The van der Waals surface area contributed by atoms with E-state index in [1.54, 1.807) is 6.20 Å². The van der Waals surface area contributed by atoms with E-state index in [-0.39, 0.29) is 0 Å². The Bertz CT molecular complexity index is 555. The van der Waals surface area contributed by atoms with Gasteiger partial charge in [0.2, 0.25) is 0 Å². The standard InChI is InChI=1S/C15H21N5/c1-3-20(11-14-8-4-6-12(2)18-14)10-13-7-5-9-17-15(13)19-16/h4-9H,3,10-11,16H2,1-2H3,(H,17,19). The van der Waals surface area contributed by atoms with Crippen LogP contribution in [-0.2, 0) is 13.1 Å². The molecule has 0 aliphatic rings. The molecule has 0 unspecified atom stereocenters. The van der Waals surface area contributed by atoms with Crippen LogP contribution < -0.4 is 11.3 Å². The number of pyridine rings is 2. The normalized spacial score (nSPS) is 10.8. The first-order valence-corrected chi connectivity index (χ1v) is 6.78. The van der Waals surface area contributed by atoms with Gasteiger partial charge in [-0.15, -0.1) is 0 Å². The second-order valence-corrected chi connectivity index (χ2v) is 4.73. The molecule has 5 nitrogen and oxygen atoms in total. The minimum absolute atomic E-state index is 0.725. The quantitative estimate of drug-likeness (QED) is 0.622. The number of aromatic nitrogens is 2. The van der Waals surface area contributed by atoms with Gasteiger partial charge in [0, 0.05) is 30.5 Å². The van der Waals surface area contributed by atoms with Crippen LogP contribution in [0.4, 0.5) is 5.82 Å². The van der Waals surface area contributed by atoms with Gasteiger partial charge in [0.25, 0.3) is 0 Å². The number of nitrogens with one attached hydrogen (secondary N) is 1. The molecule has 106 valence electrons. The van der Waals surface area contributed by atoms with Crippen molar-refractivity contribution in [3.8, 4) is 0 Å². The molecular formula is C15H21N5. The van der Waals surface area contributed by atoms with Gasteiger partial charge < -0.3 is 5.43 Å². The summed E-state index contributed by atoms with van der Waals surface area (Å²) < 4.78 is 0. The molecule has 0 aliphatic carbocycles. The van der Waals surface area contributed by atoms with Gasteiger partial charge in [-0.05, 0) is 31.7 Å². The molecule has 3 N–H and O–H groups in total. The fourth-order valence-electron chi connectivity index (χ4n) is 2.13. The van der Waals surface area contributed by atoms with Crippen LogP contribution >= 0.6 is 0 Å². The number of hydrogen-bond donors (Lipinski definition) is 2. The van der Waals surface area contributed by atoms with Crippen LogP contribution in [0.5, 0.6) is 0 Å². The molecular weight excluding hydrogens is 250 g/mol. The molecule has 2 aromatic rings. The van der Waals surface area contributed by atoms with Gasteiger partial charge in [-0.2, -0.15) is 0 Å². The van der Waals surface area contributed by atoms with E-state index in [0.29, 0.717) is 0 Å². The van der Waals surface area contributed by atoms with Gasteiger partial charge in [-0.25, -0.2) is 10.8 Å². The zero-order chi connectivity index (χ0) is 14.4. The van der Waals surface area contributed by atoms with Crippen molar-refractivity contribution in [3.63, 3.8) is 0 Å². The first-order chi connectivity index (χ1) is 9.72. The van der Waals surface area contributed by atoms with Crippen LogP contribution in [0, 0.1) is 6.92 Å². The van der Waals surface area contributed by atoms with Gasteiger partial charge in [0.05, 0.1) is 5.69 Å². The zero-order valence-corrected chi connectivity index (χ0v) is 12.0. The summed E-state index contributed by atoms with van der Waals surface area (Å²) in [6.45, 7) is 6.70. The van der Waals surface area contributed by atoms with Crippen molar-refractivity contribution in [1.82, 2.24) is 14.9 Å². The van der Waals surface area contributed by atoms with Crippen LogP contribution in [0.2, 0.25) is 0 Å². The summed E-state index contributed by atoms with van der Waals surface area (Å²) in [6, 6.07) is 10.1. The second kappa shape index (κ2) is 6.98. The minimum Gasteiger partial charge on any atom is -0.308 e. The molecule has 2 heterocycles. The molecule has 0 bridgehead atoms. The molecule has 0 spiro atoms. The maximum Gasteiger partial charge on any atom is 0.144 e. The Morgan fingerprint density at radius 1 is 1.20 bits per heavy atom. The molecule has 5 heteroatoms. The number of anilines is 1. The number of hydrazine groups is 1. The minimum atomic E-state index is 0.725. The molecule has 0 aliphatic heterocycles. The molecule has 0 saturated heterocycles. The maximum absolute atomic E-state index is 5.50. The lowest BCUT2D eigenvalue weighted by molar-refractivity contribution is 0.268. The number of nitrogens with zero attached hydrogens (tertiary/aromatic N) is 3. The Morgan fingerprint density at radius 3 is 2.75 bits per heavy atom. The molecule has 20 heavy (non-hydrogen) atoms. The summed E-state index contributed by atoms with van der Waals surface area (Å²) in [4.78, 5) is 11.1. The van der Waals surface area contributed by atoms with Crippen LogP contribution in [0.25, 0.3) is 0 Å². The predicted molar refractivity (Wildman–Crippen MR) is 80.8 cm³/mol. The van der Waals surface area contributed by atoms with E-state index < -0.39 is 0 Å². The number of hydrogen-bond acceptors (Lipinski definition) is 5. The summed E-state index contributed by atoms with van der Waals surface area (Å²) in [5, 5.41) is 0. The first kappa shape index (κ1) is 14.4. The first-order valence-electron chi connectivity index (χ1n) is 6.78. The van der Waals surface area contributed by atoms with Gasteiger partial charge in [-0.3, -0.25) is 9.88 Å². The lowest BCUT2D eigenvalue weighted by Gasteiger charge is -2.21. The van der Waals surface area contributed by atoms with E-state index in [1.807, 2.05) is 31.2 Å². The van der Waals surface area contributed by atoms with Crippen molar-refractivity contribution in [2.75, 3.05) is 12.0 Å². The fraction of sp³-hybridized carbons (Fsp3) is 0.333. The number of nitrogen functional groups attached to an aromatic ring is 1. The Balaban J connectivity index is 2.09. The summed E-state index contributed by atoms with van der Waals surface area (Å²) >= 11 is 0. The summed E-state index contributed by atoms with van der Waals surface area (Å²) in [5.74, 6) is 6.22. The Kier molecular flexibility index (Phi) is 5.03. The number of nitrogens with two attached hydrogens (primary N) is 1. The third-order valence-corrected chi connectivity index (χ3v) is 3.20. The highest BCUT2D eigenvalue weighted by Gasteiger charge is 2.09. The predicted octanol–water partition coefficient (Wildman–Crippen LogP) is 2.09. The van der Waals surface area contributed by atoms with Crippen molar-refractivity contribution in [2.24, 2.45) is 5.84 Å². The van der Waals surface area contributed by atoms with E-state index in [2.05, 4.69) is 33.3 Å². The Labute approximate surface area is 119 Å². The topological polar surface area (TPSA) is 67.1 Å². The molecule has 0 atom stereocenters. The average Bonchev–Trinajstić information content (AvgIpc) is 2.47. The van der Waals surface area contributed by atoms with Gasteiger partial charge in [0.15, 0.2) is 0 Å². The highest BCUT2D eigenvalue weighted by atomic mass is 15.3. The fourth-order valence-corrected chi connectivity index (χ4v) is 2.13. The lowest BCUT2D eigenvalue weighted by Crippen LogP contribution is -2.24. The van der Waals surface area contributed by atoms with Crippen molar-refractivity contribution in [2.45, 2.75) is 26.9 Å². The molecule has 0 saturated carbocycles. The van der Waals surface area contributed by atoms with Crippen molar-refractivity contribution < 1.29 is 0 Å². The van der Waals surface area contributed by atoms with Crippen molar-refractivity contribution in [3.05, 3.63) is 53.5 Å². The number of aryl methyl sites for hydroxylation is 1. The van der Waals surface area contributed by atoms with Crippen molar-refractivity contribution in [1.29, 1.82) is 0 Å². The van der Waals surface area contributed by atoms with Crippen LogP contribution in [-0.4, -0.2) is 21.4 Å². The van der Waals surface area contributed by atoms with Gasteiger partial charge >= 0.3 is 0 Å². The largest absolute Gasteiger partial charge is 0.308 e. The molecule has 0 fully saturated rings. The third kappa shape index (κ3) is 3.76. The Morgan fingerprint density at radius 2 is 2.05 bits per heavy atom. The zero-order valence-electron chi connectivity index (χ0n) is 12.0. The molecule has 2 aromatic heterocycles. The maximum atomic E-state index is 5.50. The Hall–Kier alpha value is -1.98. The van der Waals surface area contributed by atoms with E-state index in [9.17, 15) is 0 Å². The summed E-state index contributed by atoms with van der Waals surface area (Å²) in [5.41, 5.74) is 5.86. The molecule has 0 aromatic carbocycles. The van der Waals surface area contributed by atoms with E-state index in [1.165, 1.54) is 0 Å². The van der Waals surface area contributed by atoms with Crippen LogP contribution in [0.15, 0.2) is 36.5 Å². The second-order valence-electron chi connectivity index (χ2n) is 4.73.